The van der Waals surface area contributed by atoms with Crippen LogP contribution in [-0.2, 0) is 12.8 Å². The smallest absolute Gasteiger partial charge is 0.140 e. The van der Waals surface area contributed by atoms with E-state index in [1.54, 1.807) is 0 Å². The molecule has 0 aliphatic heterocycles. The van der Waals surface area contributed by atoms with Crippen LogP contribution in [0.25, 0.3) is 40.8 Å². The third-order valence-electron chi connectivity index (χ3n) is 9.84. The van der Waals surface area contributed by atoms with Gasteiger partial charge in [0.05, 0.1) is 46.6 Å². The average Bonchev–Trinajstić information content (AvgIpc) is 3.61. The number of hydrogen-bond donors (Lipinski definition) is 0. The van der Waals surface area contributed by atoms with Gasteiger partial charge in [0.2, 0.25) is 0 Å². The summed E-state index contributed by atoms with van der Waals surface area (Å²) in [6, 6.07) is 17.3. The second-order valence-electron chi connectivity index (χ2n) is 12.3. The summed E-state index contributed by atoms with van der Waals surface area (Å²) in [4.78, 5) is 5.44. The number of allylic oxidation sites excluding steroid dienone is 7. The van der Waals surface area contributed by atoms with Crippen LogP contribution in [0.1, 0.15) is 82.9 Å². The van der Waals surface area contributed by atoms with E-state index in [1.165, 1.54) is 22.5 Å². The summed E-state index contributed by atoms with van der Waals surface area (Å²) in [5.74, 6) is 1.50. The molecule has 8 rings (SSSR count). The lowest BCUT2D eigenvalue weighted by Crippen LogP contribution is -2.14. The van der Waals surface area contributed by atoms with Crippen molar-refractivity contribution in [1.82, 2.24) is 14.1 Å². The first-order valence-corrected chi connectivity index (χ1v) is 15.7. The first kappa shape index (κ1) is 26.9. The Bertz CT molecular complexity index is 2210. The van der Waals surface area contributed by atoms with Crippen LogP contribution in [0.5, 0.6) is 0 Å². The Morgan fingerprint density at radius 2 is 1.67 bits per heavy atom. The molecule has 3 heterocycles. The van der Waals surface area contributed by atoms with Crippen molar-refractivity contribution in [2.24, 2.45) is 5.92 Å². The van der Waals surface area contributed by atoms with Gasteiger partial charge in [-0.05, 0) is 103 Å². The lowest BCUT2D eigenvalue weighted by molar-refractivity contribution is 0.653. The van der Waals surface area contributed by atoms with E-state index >= 15 is 0 Å². The molecular formula is C39H30N6. The fraction of sp³-hybridized carbons (Fsp3) is 0.231. The van der Waals surface area contributed by atoms with Crippen molar-refractivity contribution in [3.63, 3.8) is 0 Å². The fourth-order valence-corrected chi connectivity index (χ4v) is 7.61. The molecule has 0 amide bonds. The zero-order valence-electron chi connectivity index (χ0n) is 25.0. The Morgan fingerprint density at radius 1 is 0.844 bits per heavy atom. The second kappa shape index (κ2) is 10.5. The van der Waals surface area contributed by atoms with Gasteiger partial charge in [0.25, 0.3) is 0 Å². The summed E-state index contributed by atoms with van der Waals surface area (Å²) in [5.41, 5.74) is 10.7. The Labute approximate surface area is 262 Å². The predicted octanol–water partition coefficient (Wildman–Crippen LogP) is 8.37. The van der Waals surface area contributed by atoms with Crippen LogP contribution in [0.15, 0.2) is 72.4 Å². The highest BCUT2D eigenvalue weighted by atomic mass is 15.1. The third-order valence-corrected chi connectivity index (χ3v) is 9.84. The topological polar surface area (TPSA) is 94.1 Å². The van der Waals surface area contributed by atoms with E-state index in [9.17, 15) is 15.8 Å². The summed E-state index contributed by atoms with van der Waals surface area (Å²) in [6.07, 6.45) is 24.0. The minimum absolute atomic E-state index is 0.0356. The highest BCUT2D eigenvalue weighted by Gasteiger charge is 2.31. The SMILES string of the molecule is CC1c2c(n(-c3cc(C4C=CC(C#N)=CC4)cc(-n4c5c(c6c4CCC=C6)CCC=C5)n3)c3ccc(C#N)cc23)C=CC1C#N. The van der Waals surface area contributed by atoms with Crippen molar-refractivity contribution in [1.29, 1.82) is 15.8 Å². The lowest BCUT2D eigenvalue weighted by atomic mass is 9.82. The molecule has 3 unspecified atom stereocenters. The lowest BCUT2D eigenvalue weighted by Gasteiger charge is -2.22. The van der Waals surface area contributed by atoms with Crippen molar-refractivity contribution >= 4 is 29.1 Å². The van der Waals surface area contributed by atoms with Crippen LogP contribution in [0, 0.1) is 39.9 Å². The second-order valence-corrected chi connectivity index (χ2v) is 12.3. The van der Waals surface area contributed by atoms with Gasteiger partial charge in [-0.15, -0.1) is 0 Å². The summed E-state index contributed by atoms with van der Waals surface area (Å²) >= 11 is 0. The molecule has 0 N–H and O–H groups in total. The standard InChI is InChI=1S/C39H30N6/c1-24-28(23-42)15-17-36-39(24)32-18-26(22-41)12-16-35(32)45(36)38-20-29(27-13-10-25(21-40)11-14-27)19-37(43-38)44-33-8-4-2-6-30(33)31-7-3-5-9-34(31)44/h2,5-6,9-13,15-20,24,27-28H,3-4,7-8,14H2,1H3. The van der Waals surface area contributed by atoms with Crippen LogP contribution < -0.4 is 0 Å². The van der Waals surface area contributed by atoms with Crippen LogP contribution >= 0.6 is 0 Å². The van der Waals surface area contributed by atoms with Gasteiger partial charge in [-0.25, -0.2) is 4.98 Å². The summed E-state index contributed by atoms with van der Waals surface area (Å²) < 4.78 is 4.58. The number of hydrogen-bond acceptors (Lipinski definition) is 4. The number of fused-ring (bicyclic) bond motifs is 6. The molecule has 216 valence electrons. The quantitative estimate of drug-likeness (QED) is 0.242. The first-order valence-electron chi connectivity index (χ1n) is 15.7. The number of benzene rings is 1. The van der Waals surface area contributed by atoms with Crippen LogP contribution in [0.4, 0.5) is 0 Å². The molecule has 6 nitrogen and oxygen atoms in total. The fourth-order valence-electron chi connectivity index (χ4n) is 7.61. The maximum Gasteiger partial charge on any atom is 0.140 e. The van der Waals surface area contributed by atoms with E-state index in [0.29, 0.717) is 11.1 Å². The average molecular weight is 583 g/mol. The molecule has 4 aromatic rings. The zero-order valence-corrected chi connectivity index (χ0v) is 25.0. The van der Waals surface area contributed by atoms with Crippen LogP contribution in [0.2, 0.25) is 0 Å². The highest BCUT2D eigenvalue weighted by Crippen LogP contribution is 2.43. The van der Waals surface area contributed by atoms with Gasteiger partial charge in [-0.2, -0.15) is 15.8 Å². The van der Waals surface area contributed by atoms with E-state index in [1.807, 2.05) is 36.4 Å². The van der Waals surface area contributed by atoms with Crippen molar-refractivity contribution in [2.45, 2.75) is 50.9 Å². The monoisotopic (exact) mass is 582 g/mol. The van der Waals surface area contributed by atoms with Crippen molar-refractivity contribution < 1.29 is 0 Å². The van der Waals surface area contributed by atoms with Crippen molar-refractivity contribution in [2.75, 3.05) is 0 Å². The first-order chi connectivity index (χ1) is 22.1. The number of pyridine rings is 1. The maximum absolute atomic E-state index is 9.92. The minimum Gasteiger partial charge on any atom is -0.298 e. The Hall–Kier alpha value is -5.64. The van der Waals surface area contributed by atoms with Gasteiger partial charge in [-0.1, -0.05) is 43.4 Å². The molecule has 3 atom stereocenters. The van der Waals surface area contributed by atoms with Crippen LogP contribution in [0.3, 0.4) is 0 Å². The number of aromatic nitrogens is 3. The molecule has 3 aromatic heterocycles. The highest BCUT2D eigenvalue weighted by molar-refractivity contribution is 5.92. The summed E-state index contributed by atoms with van der Waals surface area (Å²) in [7, 11) is 0. The van der Waals surface area contributed by atoms with Crippen molar-refractivity contribution in [3.8, 4) is 29.8 Å². The van der Waals surface area contributed by atoms with Gasteiger partial charge in [0.15, 0.2) is 0 Å². The normalized spacial score (nSPS) is 20.9. The molecule has 6 heteroatoms. The van der Waals surface area contributed by atoms with E-state index in [-0.39, 0.29) is 17.8 Å². The molecule has 0 saturated heterocycles. The van der Waals surface area contributed by atoms with E-state index in [4.69, 9.17) is 4.98 Å². The van der Waals surface area contributed by atoms with Crippen molar-refractivity contribution in [3.05, 3.63) is 117 Å². The third kappa shape index (κ3) is 4.16. The number of rotatable bonds is 3. The molecule has 4 aliphatic rings. The predicted molar refractivity (Wildman–Crippen MR) is 177 cm³/mol. The van der Waals surface area contributed by atoms with Gasteiger partial charge >= 0.3 is 0 Å². The molecule has 0 spiro atoms. The molecular weight excluding hydrogens is 552 g/mol. The van der Waals surface area contributed by atoms with Crippen LogP contribution in [-0.4, -0.2) is 14.1 Å². The van der Waals surface area contributed by atoms with E-state index in [0.717, 1.165) is 71.5 Å². The molecule has 4 aliphatic carbocycles. The van der Waals surface area contributed by atoms with Gasteiger partial charge in [0, 0.05) is 28.5 Å². The largest absolute Gasteiger partial charge is 0.298 e. The summed E-state index contributed by atoms with van der Waals surface area (Å²) in [5, 5.41) is 30.1. The molecule has 45 heavy (non-hydrogen) atoms. The van der Waals surface area contributed by atoms with Gasteiger partial charge in [-0.3, -0.25) is 9.13 Å². The summed E-state index contributed by atoms with van der Waals surface area (Å²) in [6.45, 7) is 2.10. The Balaban J connectivity index is 1.41. The van der Waals surface area contributed by atoms with Gasteiger partial charge in [0.1, 0.15) is 11.6 Å². The van der Waals surface area contributed by atoms with E-state index < -0.39 is 0 Å². The Kier molecular flexibility index (Phi) is 6.30. The zero-order chi connectivity index (χ0) is 30.7. The van der Waals surface area contributed by atoms with Gasteiger partial charge < -0.3 is 0 Å². The number of nitriles is 3. The molecule has 1 aromatic carbocycles. The molecule has 0 fully saturated rings. The maximum atomic E-state index is 9.92. The number of nitrogens with zero attached hydrogens (tertiary/aromatic N) is 6. The molecule has 0 radical (unpaired) electrons. The van der Waals surface area contributed by atoms with E-state index in [2.05, 4.69) is 82.9 Å². The minimum atomic E-state index is -0.247. The molecule has 0 saturated carbocycles. The molecule has 0 bridgehead atoms. The Morgan fingerprint density at radius 3 is 2.44 bits per heavy atom.